The third kappa shape index (κ3) is 7.48. The molecule has 1 atom stereocenters. The van der Waals surface area contributed by atoms with Crippen LogP contribution in [0.1, 0.15) is 37.8 Å². The standard InChI is InChI=1S/C25H35N3O5S/c1-6-26-25(30)20(3)27(18-21-12-9-13-22(17-21)33-4)24(29)15-10-16-28(34(5,31)32)23-14-8-7-11-19(23)2/h7-9,11-14,17,20H,6,10,15-16,18H2,1-5H3,(H,26,30). The van der Waals surface area contributed by atoms with Crippen molar-refractivity contribution < 1.29 is 22.7 Å². The normalized spacial score (nSPS) is 12.0. The summed E-state index contributed by atoms with van der Waals surface area (Å²) in [5.74, 6) is 0.203. The summed E-state index contributed by atoms with van der Waals surface area (Å²) >= 11 is 0. The molecule has 2 amide bonds. The number of carbonyl (C=O) groups excluding carboxylic acids is 2. The number of nitrogens with one attached hydrogen (secondary N) is 1. The van der Waals surface area contributed by atoms with Crippen LogP contribution in [-0.2, 0) is 26.2 Å². The Morgan fingerprint density at radius 1 is 1.12 bits per heavy atom. The molecule has 0 aliphatic heterocycles. The van der Waals surface area contributed by atoms with E-state index in [2.05, 4.69) is 5.32 Å². The average molecular weight is 490 g/mol. The molecular formula is C25H35N3O5S. The van der Waals surface area contributed by atoms with Gasteiger partial charge >= 0.3 is 0 Å². The fraction of sp³-hybridized carbons (Fsp3) is 0.440. The van der Waals surface area contributed by atoms with Crippen molar-refractivity contribution in [1.29, 1.82) is 0 Å². The van der Waals surface area contributed by atoms with Crippen LogP contribution in [0.3, 0.4) is 0 Å². The highest BCUT2D eigenvalue weighted by molar-refractivity contribution is 7.92. The zero-order chi connectivity index (χ0) is 25.3. The maximum atomic E-state index is 13.2. The van der Waals surface area contributed by atoms with Gasteiger partial charge in [0, 0.05) is 26.1 Å². The van der Waals surface area contributed by atoms with E-state index in [-0.39, 0.29) is 31.3 Å². The van der Waals surface area contributed by atoms with Crippen molar-refractivity contribution in [1.82, 2.24) is 10.2 Å². The summed E-state index contributed by atoms with van der Waals surface area (Å²) in [5, 5.41) is 2.77. The molecule has 0 aliphatic carbocycles. The Kier molecular flexibility index (Phi) is 9.92. The Balaban J connectivity index is 2.18. The first kappa shape index (κ1) is 27.2. The minimum absolute atomic E-state index is 0.103. The number of benzene rings is 2. The Hall–Kier alpha value is -3.07. The number of anilines is 1. The van der Waals surface area contributed by atoms with Crippen molar-refractivity contribution in [3.63, 3.8) is 0 Å². The number of aryl methyl sites for hydroxylation is 1. The molecule has 9 heteroatoms. The third-order valence-corrected chi connectivity index (χ3v) is 6.72. The molecule has 2 aromatic rings. The molecule has 186 valence electrons. The van der Waals surface area contributed by atoms with Crippen molar-refractivity contribution in [2.45, 2.75) is 46.2 Å². The Morgan fingerprint density at radius 2 is 1.82 bits per heavy atom. The van der Waals surface area contributed by atoms with Crippen LogP contribution in [0.15, 0.2) is 48.5 Å². The molecule has 0 saturated heterocycles. The maximum absolute atomic E-state index is 13.2. The molecule has 0 saturated carbocycles. The van der Waals surface area contributed by atoms with E-state index in [1.54, 1.807) is 26.2 Å². The Labute approximate surface area is 202 Å². The van der Waals surface area contributed by atoms with Gasteiger partial charge in [-0.2, -0.15) is 0 Å². The van der Waals surface area contributed by atoms with Crippen LogP contribution in [0.25, 0.3) is 0 Å². The highest BCUT2D eigenvalue weighted by Crippen LogP contribution is 2.23. The molecule has 2 rings (SSSR count). The van der Waals surface area contributed by atoms with Crippen molar-refractivity contribution >= 4 is 27.5 Å². The minimum Gasteiger partial charge on any atom is -0.497 e. The van der Waals surface area contributed by atoms with Gasteiger partial charge in [0.15, 0.2) is 0 Å². The molecule has 0 fully saturated rings. The van der Waals surface area contributed by atoms with E-state index in [0.29, 0.717) is 24.4 Å². The van der Waals surface area contributed by atoms with Gasteiger partial charge < -0.3 is 15.0 Å². The number of methoxy groups -OCH3 is 1. The molecule has 1 N–H and O–H groups in total. The summed E-state index contributed by atoms with van der Waals surface area (Å²) in [6.07, 6.45) is 1.58. The van der Waals surface area contributed by atoms with Crippen LogP contribution >= 0.6 is 0 Å². The second-order valence-electron chi connectivity index (χ2n) is 8.17. The fourth-order valence-corrected chi connectivity index (χ4v) is 4.72. The number of hydrogen-bond donors (Lipinski definition) is 1. The van der Waals surface area contributed by atoms with Crippen LogP contribution in [0.4, 0.5) is 5.69 Å². The predicted molar refractivity (Wildman–Crippen MR) is 134 cm³/mol. The van der Waals surface area contributed by atoms with Crippen LogP contribution in [0.5, 0.6) is 5.75 Å². The van der Waals surface area contributed by atoms with E-state index >= 15 is 0 Å². The molecule has 1 unspecified atom stereocenters. The summed E-state index contributed by atoms with van der Waals surface area (Å²) in [5.41, 5.74) is 2.27. The smallest absolute Gasteiger partial charge is 0.242 e. The largest absolute Gasteiger partial charge is 0.497 e. The molecule has 2 aromatic carbocycles. The molecule has 0 heterocycles. The maximum Gasteiger partial charge on any atom is 0.242 e. The lowest BCUT2D eigenvalue weighted by Crippen LogP contribution is -2.47. The average Bonchev–Trinajstić information content (AvgIpc) is 2.80. The van der Waals surface area contributed by atoms with E-state index < -0.39 is 16.1 Å². The number of likely N-dealkylation sites (N-methyl/N-ethyl adjacent to an activating group) is 1. The zero-order valence-electron chi connectivity index (χ0n) is 20.6. The van der Waals surface area contributed by atoms with Gasteiger partial charge in [0.05, 0.1) is 19.1 Å². The number of amides is 2. The summed E-state index contributed by atoms with van der Waals surface area (Å²) < 4.78 is 31.5. The van der Waals surface area contributed by atoms with Gasteiger partial charge in [-0.25, -0.2) is 8.42 Å². The molecule has 34 heavy (non-hydrogen) atoms. The lowest BCUT2D eigenvalue weighted by atomic mass is 10.1. The van der Waals surface area contributed by atoms with Crippen molar-refractivity contribution in [3.05, 3.63) is 59.7 Å². The Morgan fingerprint density at radius 3 is 2.44 bits per heavy atom. The molecule has 0 spiro atoms. The second-order valence-corrected chi connectivity index (χ2v) is 10.1. The number of ether oxygens (including phenoxy) is 1. The summed E-state index contributed by atoms with van der Waals surface area (Å²) in [6.45, 7) is 6.23. The van der Waals surface area contributed by atoms with Crippen LogP contribution in [0.2, 0.25) is 0 Å². The first-order chi connectivity index (χ1) is 16.1. The summed E-state index contributed by atoms with van der Waals surface area (Å²) in [7, 11) is -1.95. The van der Waals surface area contributed by atoms with Gasteiger partial charge in [0.2, 0.25) is 21.8 Å². The molecule has 0 aliphatic rings. The number of carbonyl (C=O) groups is 2. The highest BCUT2D eigenvalue weighted by atomic mass is 32.2. The molecular weight excluding hydrogens is 454 g/mol. The van der Waals surface area contributed by atoms with Gasteiger partial charge in [-0.1, -0.05) is 30.3 Å². The lowest BCUT2D eigenvalue weighted by molar-refractivity contribution is -0.140. The van der Waals surface area contributed by atoms with Crippen molar-refractivity contribution in [3.8, 4) is 5.75 Å². The van der Waals surface area contributed by atoms with Gasteiger partial charge in [-0.05, 0) is 56.5 Å². The first-order valence-corrected chi connectivity index (χ1v) is 13.2. The van der Waals surface area contributed by atoms with Crippen LogP contribution < -0.4 is 14.4 Å². The predicted octanol–water partition coefficient (Wildman–Crippen LogP) is 3.10. The van der Waals surface area contributed by atoms with E-state index in [1.165, 1.54) is 9.21 Å². The van der Waals surface area contributed by atoms with Gasteiger partial charge in [0.1, 0.15) is 11.8 Å². The minimum atomic E-state index is -3.52. The van der Waals surface area contributed by atoms with E-state index in [1.807, 2.05) is 50.2 Å². The molecule has 8 nitrogen and oxygen atoms in total. The summed E-state index contributed by atoms with van der Waals surface area (Å²) in [4.78, 5) is 27.3. The van der Waals surface area contributed by atoms with Gasteiger partial charge in [-0.3, -0.25) is 13.9 Å². The monoisotopic (exact) mass is 489 g/mol. The van der Waals surface area contributed by atoms with E-state index in [0.717, 1.165) is 17.4 Å². The van der Waals surface area contributed by atoms with Gasteiger partial charge in [0.25, 0.3) is 0 Å². The lowest BCUT2D eigenvalue weighted by Gasteiger charge is -2.29. The number of nitrogens with zero attached hydrogens (tertiary/aromatic N) is 2. The topological polar surface area (TPSA) is 96.0 Å². The molecule has 0 radical (unpaired) electrons. The van der Waals surface area contributed by atoms with Crippen LogP contribution in [-0.4, -0.2) is 57.6 Å². The highest BCUT2D eigenvalue weighted by Gasteiger charge is 2.26. The van der Waals surface area contributed by atoms with Crippen molar-refractivity contribution in [2.75, 3.05) is 30.8 Å². The number of sulfonamides is 1. The zero-order valence-corrected chi connectivity index (χ0v) is 21.4. The summed E-state index contributed by atoms with van der Waals surface area (Å²) in [6, 6.07) is 13.9. The fourth-order valence-electron chi connectivity index (χ4n) is 3.70. The SMILES string of the molecule is CCNC(=O)C(C)N(Cc1cccc(OC)c1)C(=O)CCCN(c1ccccc1C)S(C)(=O)=O. The quantitative estimate of drug-likeness (QED) is 0.494. The number of rotatable bonds is 12. The van der Waals surface area contributed by atoms with E-state index in [4.69, 9.17) is 4.74 Å². The molecule has 0 aromatic heterocycles. The number of hydrogen-bond acceptors (Lipinski definition) is 5. The Bertz CT molecular complexity index is 1090. The van der Waals surface area contributed by atoms with Gasteiger partial charge in [-0.15, -0.1) is 0 Å². The van der Waals surface area contributed by atoms with Crippen molar-refractivity contribution in [2.24, 2.45) is 0 Å². The van der Waals surface area contributed by atoms with E-state index in [9.17, 15) is 18.0 Å². The first-order valence-electron chi connectivity index (χ1n) is 11.3. The second kappa shape index (κ2) is 12.4. The number of para-hydroxylation sites is 1. The molecule has 0 bridgehead atoms. The van der Waals surface area contributed by atoms with Crippen LogP contribution in [0, 0.1) is 6.92 Å². The third-order valence-electron chi connectivity index (χ3n) is 5.54.